The summed E-state index contributed by atoms with van der Waals surface area (Å²) in [6.45, 7) is 5.97. The fraction of sp³-hybridized carbons (Fsp3) is 0.571. The summed E-state index contributed by atoms with van der Waals surface area (Å²) >= 11 is 1.28. The van der Waals surface area contributed by atoms with E-state index >= 15 is 0 Å². The van der Waals surface area contributed by atoms with Crippen molar-refractivity contribution < 1.29 is 9.53 Å². The van der Waals surface area contributed by atoms with Gasteiger partial charge in [0.25, 0.3) is 0 Å². The first-order valence-electron chi connectivity index (χ1n) is 9.33. The van der Waals surface area contributed by atoms with Gasteiger partial charge in [0.2, 0.25) is 0 Å². The Morgan fingerprint density at radius 1 is 1.04 bits per heavy atom. The van der Waals surface area contributed by atoms with Crippen LogP contribution in [0.3, 0.4) is 0 Å². The number of hydrogen-bond donors (Lipinski definition) is 0. The number of hydrogen-bond acceptors (Lipinski definition) is 3. The molecule has 24 heavy (non-hydrogen) atoms. The molecule has 1 aromatic carbocycles. The largest absolute Gasteiger partial charge is 0.418 e. The lowest BCUT2D eigenvalue weighted by Crippen LogP contribution is -2.01. The van der Waals surface area contributed by atoms with Crippen molar-refractivity contribution in [3.05, 3.63) is 36.4 Å². The van der Waals surface area contributed by atoms with Crippen LogP contribution in [0.4, 0.5) is 4.79 Å². The third-order valence-electron chi connectivity index (χ3n) is 4.01. The lowest BCUT2D eigenvalue weighted by atomic mass is 10.1. The summed E-state index contributed by atoms with van der Waals surface area (Å²) in [5.41, 5.74) is 0.958. The summed E-state index contributed by atoms with van der Waals surface area (Å²) in [5, 5.41) is -0.216. The highest BCUT2D eigenvalue weighted by Crippen LogP contribution is 2.18. The van der Waals surface area contributed by atoms with Crippen molar-refractivity contribution in [1.29, 1.82) is 0 Å². The van der Waals surface area contributed by atoms with Gasteiger partial charge in [-0.2, -0.15) is 0 Å². The second-order valence-electron chi connectivity index (χ2n) is 6.16. The summed E-state index contributed by atoms with van der Waals surface area (Å²) in [7, 11) is 0. The van der Waals surface area contributed by atoms with E-state index in [4.69, 9.17) is 4.74 Å². The topological polar surface area (TPSA) is 26.3 Å². The van der Waals surface area contributed by atoms with E-state index < -0.39 is 0 Å². The van der Waals surface area contributed by atoms with Crippen LogP contribution in [0, 0.1) is 0 Å². The summed E-state index contributed by atoms with van der Waals surface area (Å²) in [5.74, 6) is 1.43. The van der Waals surface area contributed by atoms with Crippen molar-refractivity contribution in [2.75, 3.05) is 5.75 Å². The van der Waals surface area contributed by atoms with Crippen molar-refractivity contribution in [2.45, 2.75) is 71.1 Å². The second kappa shape index (κ2) is 14.2. The molecule has 134 valence electrons. The number of carbonyl (C=O) groups excluding carboxylic acids is 1. The minimum atomic E-state index is -0.216. The van der Waals surface area contributed by atoms with E-state index in [1.54, 1.807) is 12.1 Å². The molecule has 0 amide bonds. The van der Waals surface area contributed by atoms with Crippen molar-refractivity contribution in [2.24, 2.45) is 0 Å². The Morgan fingerprint density at radius 2 is 1.67 bits per heavy atom. The van der Waals surface area contributed by atoms with Crippen LogP contribution < -0.4 is 4.74 Å². The van der Waals surface area contributed by atoms with Gasteiger partial charge in [-0.1, -0.05) is 89.5 Å². The van der Waals surface area contributed by atoms with Crippen LogP contribution >= 0.6 is 11.8 Å². The van der Waals surface area contributed by atoms with Gasteiger partial charge in [-0.3, -0.25) is 0 Å². The Morgan fingerprint density at radius 3 is 2.29 bits per heavy atom. The molecule has 0 atom stereocenters. The third-order valence-corrected chi connectivity index (χ3v) is 4.82. The van der Waals surface area contributed by atoms with Crippen molar-refractivity contribution in [1.82, 2.24) is 0 Å². The normalized spacial score (nSPS) is 10.5. The molecule has 1 aromatic rings. The first kappa shape index (κ1) is 20.8. The smallest absolute Gasteiger partial charge is 0.372 e. The van der Waals surface area contributed by atoms with Gasteiger partial charge in [0, 0.05) is 5.75 Å². The molecule has 0 spiro atoms. The Hall–Kier alpha value is -1.22. The van der Waals surface area contributed by atoms with Gasteiger partial charge in [0.05, 0.1) is 0 Å². The number of ether oxygens (including phenoxy) is 1. The standard InChI is InChI=1S/C21H32O2S/c1-3-5-6-7-8-9-10-11-12-13-17-24-21(22)23-20-16-14-15-19(4-2)18-20/h4,14-16,18H,2-3,5-13,17H2,1H3. The highest BCUT2D eigenvalue weighted by Gasteiger charge is 2.05. The summed E-state index contributed by atoms with van der Waals surface area (Å²) in [6, 6.07) is 7.42. The lowest BCUT2D eigenvalue weighted by Gasteiger charge is -2.05. The average molecular weight is 349 g/mol. The molecule has 0 aliphatic carbocycles. The Balaban J connectivity index is 1.97. The third kappa shape index (κ3) is 10.5. The maximum absolute atomic E-state index is 11.8. The lowest BCUT2D eigenvalue weighted by molar-refractivity contribution is 0.227. The molecule has 0 aliphatic heterocycles. The number of benzene rings is 1. The highest BCUT2D eigenvalue weighted by atomic mass is 32.2. The van der Waals surface area contributed by atoms with Crippen LogP contribution in [0.25, 0.3) is 6.08 Å². The molecule has 0 N–H and O–H groups in total. The molecular weight excluding hydrogens is 316 g/mol. The number of carbonyl (C=O) groups is 1. The first-order chi connectivity index (χ1) is 11.8. The van der Waals surface area contributed by atoms with Gasteiger partial charge in [-0.25, -0.2) is 4.79 Å². The molecule has 0 saturated carbocycles. The summed E-state index contributed by atoms with van der Waals surface area (Å²) in [4.78, 5) is 11.8. The van der Waals surface area contributed by atoms with Gasteiger partial charge in [0.15, 0.2) is 0 Å². The van der Waals surface area contributed by atoms with Crippen molar-refractivity contribution in [3.8, 4) is 5.75 Å². The van der Waals surface area contributed by atoms with Crippen molar-refractivity contribution >= 4 is 23.1 Å². The predicted octanol–water partition coefficient (Wildman–Crippen LogP) is 7.48. The number of unbranched alkanes of at least 4 members (excludes halogenated alkanes) is 9. The Bertz CT molecular complexity index is 471. The minimum absolute atomic E-state index is 0.216. The quantitative estimate of drug-likeness (QED) is 0.273. The molecule has 0 bridgehead atoms. The van der Waals surface area contributed by atoms with E-state index in [1.807, 2.05) is 18.2 Å². The van der Waals surface area contributed by atoms with Crippen molar-refractivity contribution in [3.63, 3.8) is 0 Å². The molecule has 3 heteroatoms. The van der Waals surface area contributed by atoms with E-state index in [1.165, 1.54) is 69.5 Å². The van der Waals surface area contributed by atoms with Gasteiger partial charge in [-0.05, 0) is 35.9 Å². The van der Waals surface area contributed by atoms with E-state index in [-0.39, 0.29) is 5.30 Å². The van der Waals surface area contributed by atoms with Crippen LogP contribution in [0.2, 0.25) is 0 Å². The van der Waals surface area contributed by atoms with Gasteiger partial charge in [0.1, 0.15) is 5.75 Å². The number of rotatable bonds is 13. The first-order valence-corrected chi connectivity index (χ1v) is 10.3. The maximum Gasteiger partial charge on any atom is 0.372 e. The highest BCUT2D eigenvalue weighted by molar-refractivity contribution is 8.13. The van der Waals surface area contributed by atoms with Crippen LogP contribution in [0.1, 0.15) is 76.7 Å². The molecule has 0 aromatic heterocycles. The van der Waals surface area contributed by atoms with Gasteiger partial charge in [-0.15, -0.1) is 0 Å². The fourth-order valence-electron chi connectivity index (χ4n) is 2.58. The maximum atomic E-state index is 11.8. The van der Waals surface area contributed by atoms with E-state index in [9.17, 15) is 4.79 Å². The van der Waals surface area contributed by atoms with Gasteiger partial charge >= 0.3 is 5.30 Å². The summed E-state index contributed by atoms with van der Waals surface area (Å²) in [6.07, 6.45) is 14.9. The zero-order chi connectivity index (χ0) is 17.5. The minimum Gasteiger partial charge on any atom is -0.418 e. The monoisotopic (exact) mass is 348 g/mol. The van der Waals surface area contributed by atoms with E-state index in [0.717, 1.165) is 17.7 Å². The summed E-state index contributed by atoms with van der Waals surface area (Å²) < 4.78 is 5.32. The molecule has 0 saturated heterocycles. The molecule has 2 nitrogen and oxygen atoms in total. The van der Waals surface area contributed by atoms with Crippen LogP contribution in [-0.2, 0) is 0 Å². The molecule has 0 radical (unpaired) electrons. The fourth-order valence-corrected chi connectivity index (χ4v) is 3.25. The van der Waals surface area contributed by atoms with Gasteiger partial charge < -0.3 is 4.74 Å². The molecule has 0 fully saturated rings. The average Bonchev–Trinajstić information content (AvgIpc) is 2.60. The predicted molar refractivity (Wildman–Crippen MR) is 107 cm³/mol. The van der Waals surface area contributed by atoms with Crippen LogP contribution in [0.15, 0.2) is 30.8 Å². The number of thioether (sulfide) groups is 1. The molecule has 1 rings (SSSR count). The molecule has 0 heterocycles. The molecule has 0 aliphatic rings. The zero-order valence-electron chi connectivity index (χ0n) is 15.1. The van der Waals surface area contributed by atoms with E-state index in [0.29, 0.717) is 5.75 Å². The van der Waals surface area contributed by atoms with Crippen LogP contribution in [-0.4, -0.2) is 11.1 Å². The SMILES string of the molecule is C=Cc1cccc(OC(=O)SCCCCCCCCCCCC)c1. The van der Waals surface area contributed by atoms with Crippen LogP contribution in [0.5, 0.6) is 5.75 Å². The zero-order valence-corrected chi connectivity index (χ0v) is 15.9. The molecular formula is C21H32O2S. The Kier molecular flexibility index (Phi) is 12.3. The molecule has 0 unspecified atom stereocenters. The Labute approximate surface area is 152 Å². The van der Waals surface area contributed by atoms with E-state index in [2.05, 4.69) is 13.5 Å². The second-order valence-corrected chi connectivity index (χ2v) is 7.19.